The fourth-order valence-corrected chi connectivity index (χ4v) is 2.06. The van der Waals surface area contributed by atoms with Crippen LogP contribution in [0.4, 0.5) is 12.9 Å². The summed E-state index contributed by atoms with van der Waals surface area (Å²) >= 11 is 5.57. The van der Waals surface area contributed by atoms with Gasteiger partial charge in [-0.25, -0.2) is 13.6 Å². The van der Waals surface area contributed by atoms with E-state index < -0.39 is 28.2 Å². The maximum absolute atomic E-state index is 12.4. The number of halogens is 4. The molecular formula is C7H7BClF3KNO2S. The van der Waals surface area contributed by atoms with Crippen LogP contribution in [0.2, 0.25) is 5.02 Å². The molecule has 0 saturated heterocycles. The molecule has 0 saturated carbocycles. The summed E-state index contributed by atoms with van der Waals surface area (Å²) in [6.07, 6.45) is 0. The third-order valence-corrected chi connectivity index (χ3v) is 2.89. The van der Waals surface area contributed by atoms with Crippen molar-refractivity contribution in [2.75, 3.05) is 0 Å². The summed E-state index contributed by atoms with van der Waals surface area (Å²) in [4.78, 5) is 0. The van der Waals surface area contributed by atoms with Gasteiger partial charge < -0.3 is 12.9 Å². The standard InChI is InChI=1S/C7H7BClF3NO2S.K/c9-7-2-1-6(8(10,11)12)3-5(7)4-16(13,14)15;/h1-3H,4H2,(H2,13,14,15);/q-1;+1. The van der Waals surface area contributed by atoms with Crippen molar-refractivity contribution in [3.05, 3.63) is 28.8 Å². The number of rotatable bonds is 3. The van der Waals surface area contributed by atoms with Crippen molar-refractivity contribution in [2.45, 2.75) is 5.75 Å². The molecular weight excluding hydrogens is 305 g/mol. The zero-order valence-corrected chi connectivity index (χ0v) is 13.5. The van der Waals surface area contributed by atoms with Crippen LogP contribution in [0.3, 0.4) is 0 Å². The molecule has 0 aromatic heterocycles. The van der Waals surface area contributed by atoms with E-state index in [1.807, 2.05) is 0 Å². The van der Waals surface area contributed by atoms with Crippen LogP contribution in [-0.2, 0) is 15.8 Å². The average molecular weight is 312 g/mol. The van der Waals surface area contributed by atoms with Gasteiger partial charge in [0.15, 0.2) is 0 Å². The number of hydrogen-bond donors (Lipinski definition) is 1. The minimum atomic E-state index is -5.18. The SMILES string of the molecule is NS(=O)(=O)Cc1cc([B-](F)(F)F)ccc1Cl.[K+]. The smallest absolute Gasteiger partial charge is 0.445 e. The first-order valence-corrected chi connectivity index (χ1v) is 6.17. The van der Waals surface area contributed by atoms with Gasteiger partial charge in [0.25, 0.3) is 0 Å². The van der Waals surface area contributed by atoms with Gasteiger partial charge in [0, 0.05) is 5.02 Å². The third kappa shape index (κ3) is 6.06. The zero-order chi connectivity index (χ0) is 12.6. The van der Waals surface area contributed by atoms with E-state index in [4.69, 9.17) is 16.7 Å². The summed E-state index contributed by atoms with van der Waals surface area (Å²) in [5, 5.41) is 4.68. The fourth-order valence-electron chi connectivity index (χ4n) is 1.13. The molecule has 0 bridgehead atoms. The van der Waals surface area contributed by atoms with Gasteiger partial charge in [-0.15, -0.1) is 5.46 Å². The van der Waals surface area contributed by atoms with Gasteiger partial charge in [0.1, 0.15) is 0 Å². The van der Waals surface area contributed by atoms with E-state index >= 15 is 0 Å². The maximum atomic E-state index is 12.4. The van der Waals surface area contributed by atoms with Gasteiger partial charge in [-0.1, -0.05) is 23.7 Å². The number of benzene rings is 1. The van der Waals surface area contributed by atoms with Crippen molar-refractivity contribution >= 4 is 34.1 Å². The molecule has 2 N–H and O–H groups in total. The quantitative estimate of drug-likeness (QED) is 0.669. The monoisotopic (exact) mass is 311 g/mol. The summed E-state index contributed by atoms with van der Waals surface area (Å²) in [7, 11) is -3.91. The summed E-state index contributed by atoms with van der Waals surface area (Å²) in [5.41, 5.74) is -1.05. The van der Waals surface area contributed by atoms with Crippen LogP contribution in [0.15, 0.2) is 18.2 Å². The van der Waals surface area contributed by atoms with E-state index in [-0.39, 0.29) is 62.0 Å². The van der Waals surface area contributed by atoms with E-state index in [1.54, 1.807) is 0 Å². The molecule has 17 heavy (non-hydrogen) atoms. The van der Waals surface area contributed by atoms with Crippen molar-refractivity contribution in [3.8, 4) is 0 Å². The van der Waals surface area contributed by atoms with Crippen molar-refractivity contribution in [1.82, 2.24) is 0 Å². The van der Waals surface area contributed by atoms with E-state index in [1.165, 1.54) is 0 Å². The van der Waals surface area contributed by atoms with Gasteiger partial charge in [-0.05, 0) is 11.6 Å². The van der Waals surface area contributed by atoms with Gasteiger partial charge >= 0.3 is 58.4 Å². The molecule has 1 rings (SSSR count). The van der Waals surface area contributed by atoms with Crippen LogP contribution in [-0.4, -0.2) is 15.4 Å². The molecule has 0 atom stereocenters. The van der Waals surface area contributed by atoms with Crippen LogP contribution in [0, 0.1) is 0 Å². The molecule has 0 fully saturated rings. The summed E-state index contributed by atoms with van der Waals surface area (Å²) in [5.74, 6) is -0.716. The van der Waals surface area contributed by atoms with Gasteiger partial charge in [-0.3, -0.25) is 0 Å². The Morgan fingerprint density at radius 2 is 1.82 bits per heavy atom. The van der Waals surface area contributed by atoms with E-state index in [0.29, 0.717) is 6.07 Å². The van der Waals surface area contributed by atoms with Crippen molar-refractivity contribution in [3.63, 3.8) is 0 Å². The molecule has 10 heteroatoms. The van der Waals surface area contributed by atoms with E-state index in [0.717, 1.165) is 12.1 Å². The van der Waals surface area contributed by atoms with Crippen molar-refractivity contribution < 1.29 is 72.7 Å². The number of hydrogen-bond acceptors (Lipinski definition) is 2. The molecule has 90 valence electrons. The van der Waals surface area contributed by atoms with E-state index in [9.17, 15) is 21.4 Å². The number of primary sulfonamides is 1. The summed E-state index contributed by atoms with van der Waals surface area (Å²) in [6.45, 7) is -5.18. The molecule has 1 aromatic carbocycles. The van der Waals surface area contributed by atoms with Gasteiger partial charge in [0.05, 0.1) is 5.75 Å². The maximum Gasteiger partial charge on any atom is 1.00 e. The number of sulfonamides is 1. The largest absolute Gasteiger partial charge is 1.00 e. The van der Waals surface area contributed by atoms with Gasteiger partial charge in [-0.2, -0.15) is 0 Å². The molecule has 0 unspecified atom stereocenters. The molecule has 0 radical (unpaired) electrons. The average Bonchev–Trinajstić information content (AvgIpc) is 2.04. The molecule has 0 spiro atoms. The van der Waals surface area contributed by atoms with Crippen LogP contribution in [0.5, 0.6) is 0 Å². The topological polar surface area (TPSA) is 60.2 Å². The minimum absolute atomic E-state index is 0. The Hall–Kier alpha value is 0.911. The first-order chi connectivity index (χ1) is 7.09. The predicted octanol–water partition coefficient (Wildman–Crippen LogP) is -1.81. The van der Waals surface area contributed by atoms with Crippen molar-refractivity contribution in [1.29, 1.82) is 0 Å². The van der Waals surface area contributed by atoms with Gasteiger partial charge in [0.2, 0.25) is 10.0 Å². The molecule has 0 aliphatic heterocycles. The molecule has 0 aliphatic carbocycles. The Morgan fingerprint density at radius 1 is 1.29 bits per heavy atom. The second-order valence-corrected chi connectivity index (χ2v) is 5.25. The Balaban J connectivity index is 0.00000256. The normalized spacial score (nSPS) is 12.1. The first-order valence-electron chi connectivity index (χ1n) is 4.08. The van der Waals surface area contributed by atoms with E-state index in [2.05, 4.69) is 0 Å². The molecule has 1 aromatic rings. The third-order valence-electron chi connectivity index (χ3n) is 1.80. The Morgan fingerprint density at radius 3 is 2.24 bits per heavy atom. The Bertz CT molecular complexity index is 508. The van der Waals surface area contributed by atoms with Crippen LogP contribution in [0.1, 0.15) is 5.56 Å². The van der Waals surface area contributed by atoms with Crippen LogP contribution >= 0.6 is 11.6 Å². The summed E-state index contributed by atoms with van der Waals surface area (Å²) in [6, 6.07) is 2.51. The number of nitrogens with two attached hydrogens (primary N) is 1. The molecule has 3 nitrogen and oxygen atoms in total. The molecule has 0 heterocycles. The first kappa shape index (κ1) is 17.9. The van der Waals surface area contributed by atoms with Crippen LogP contribution < -0.4 is 62.0 Å². The fraction of sp³-hybridized carbons (Fsp3) is 0.143. The zero-order valence-electron chi connectivity index (χ0n) is 8.83. The Labute approximate surface area is 144 Å². The Kier molecular flexibility index (Phi) is 6.72. The summed E-state index contributed by atoms with van der Waals surface area (Å²) < 4.78 is 58.6. The molecule has 0 aliphatic rings. The second kappa shape index (κ2) is 6.38. The second-order valence-electron chi connectivity index (χ2n) is 3.23. The molecule has 0 amide bonds. The predicted molar refractivity (Wildman–Crippen MR) is 57.0 cm³/mol. The minimum Gasteiger partial charge on any atom is -0.445 e. The van der Waals surface area contributed by atoms with Crippen LogP contribution in [0.25, 0.3) is 0 Å². The van der Waals surface area contributed by atoms with Crippen molar-refractivity contribution in [2.24, 2.45) is 5.14 Å².